The Balaban J connectivity index is 1.73. The van der Waals surface area contributed by atoms with Gasteiger partial charge in [0.15, 0.2) is 0 Å². The van der Waals surface area contributed by atoms with E-state index < -0.39 is 0 Å². The molecule has 0 atom stereocenters. The van der Waals surface area contributed by atoms with Crippen molar-refractivity contribution in [3.8, 4) is 0 Å². The van der Waals surface area contributed by atoms with E-state index in [-0.39, 0.29) is 0 Å². The number of hydrogen-bond acceptors (Lipinski definition) is 2. The van der Waals surface area contributed by atoms with Crippen LogP contribution in [-0.4, -0.2) is 12.3 Å². The maximum Gasteiger partial charge on any atom is 0.136 e. The van der Waals surface area contributed by atoms with Crippen LogP contribution < -0.4 is 5.73 Å². The van der Waals surface area contributed by atoms with Crippen molar-refractivity contribution >= 4 is 5.78 Å². The molecule has 0 aromatic heterocycles. The second-order valence-electron chi connectivity index (χ2n) is 5.77. The molecule has 0 saturated heterocycles. The molecular formula is C14H25NO. The molecule has 2 aliphatic carbocycles. The summed E-state index contributed by atoms with van der Waals surface area (Å²) in [6, 6.07) is 0. The van der Waals surface area contributed by atoms with Crippen molar-refractivity contribution in [1.82, 2.24) is 0 Å². The number of Topliss-reactive ketones (excluding diaryl/α,β-unsaturated/α-hetero) is 1. The molecule has 2 rings (SSSR count). The Morgan fingerprint density at radius 2 is 1.56 bits per heavy atom. The van der Waals surface area contributed by atoms with Crippen molar-refractivity contribution in [3.05, 3.63) is 0 Å². The maximum absolute atomic E-state index is 12.1. The van der Waals surface area contributed by atoms with E-state index in [1.165, 1.54) is 38.5 Å². The van der Waals surface area contributed by atoms with Gasteiger partial charge in [0.05, 0.1) is 0 Å². The highest BCUT2D eigenvalue weighted by atomic mass is 16.1. The highest BCUT2D eigenvalue weighted by Crippen LogP contribution is 2.33. The molecule has 0 aromatic carbocycles. The van der Waals surface area contributed by atoms with Crippen LogP contribution in [0.3, 0.4) is 0 Å². The standard InChI is InChI=1S/C14H25NO/c15-10-12-5-7-13(8-6-12)14(16)9-11-3-1-2-4-11/h11-13H,1-10,15H2. The minimum Gasteiger partial charge on any atom is -0.330 e. The fourth-order valence-corrected chi connectivity index (χ4v) is 3.39. The van der Waals surface area contributed by atoms with Crippen LogP contribution in [0.4, 0.5) is 0 Å². The van der Waals surface area contributed by atoms with Crippen LogP contribution in [0, 0.1) is 17.8 Å². The zero-order valence-electron chi connectivity index (χ0n) is 10.3. The highest BCUT2D eigenvalue weighted by molar-refractivity contribution is 5.81. The molecule has 0 aliphatic heterocycles. The third-order valence-electron chi connectivity index (χ3n) is 4.60. The SMILES string of the molecule is NCC1CCC(C(=O)CC2CCCC2)CC1. The molecule has 2 heteroatoms. The number of nitrogens with two attached hydrogens (primary N) is 1. The Morgan fingerprint density at radius 3 is 2.12 bits per heavy atom. The van der Waals surface area contributed by atoms with Crippen molar-refractivity contribution in [2.24, 2.45) is 23.5 Å². The minimum absolute atomic E-state index is 0.378. The van der Waals surface area contributed by atoms with E-state index in [9.17, 15) is 4.79 Å². The van der Waals surface area contributed by atoms with E-state index in [2.05, 4.69) is 0 Å². The number of carbonyl (C=O) groups is 1. The van der Waals surface area contributed by atoms with Crippen molar-refractivity contribution in [2.75, 3.05) is 6.54 Å². The van der Waals surface area contributed by atoms with Crippen LogP contribution in [0.5, 0.6) is 0 Å². The van der Waals surface area contributed by atoms with Crippen LogP contribution in [0.15, 0.2) is 0 Å². The molecule has 0 heterocycles. The van der Waals surface area contributed by atoms with Gasteiger partial charge in [-0.1, -0.05) is 25.7 Å². The molecule has 2 N–H and O–H groups in total. The first-order valence-corrected chi connectivity index (χ1v) is 7.02. The van der Waals surface area contributed by atoms with E-state index in [1.54, 1.807) is 0 Å². The fourth-order valence-electron chi connectivity index (χ4n) is 3.39. The molecule has 2 fully saturated rings. The summed E-state index contributed by atoms with van der Waals surface area (Å²) in [4.78, 5) is 12.1. The van der Waals surface area contributed by atoms with Crippen LogP contribution in [0.2, 0.25) is 0 Å². The van der Waals surface area contributed by atoms with Gasteiger partial charge >= 0.3 is 0 Å². The van der Waals surface area contributed by atoms with Crippen LogP contribution >= 0.6 is 0 Å². The zero-order chi connectivity index (χ0) is 11.4. The first-order chi connectivity index (χ1) is 7.79. The molecule has 0 aromatic rings. The molecule has 0 bridgehead atoms. The number of carbonyl (C=O) groups excluding carboxylic acids is 1. The van der Waals surface area contributed by atoms with E-state index in [0.29, 0.717) is 17.6 Å². The van der Waals surface area contributed by atoms with Gasteiger partial charge in [-0.05, 0) is 44.1 Å². The first-order valence-electron chi connectivity index (χ1n) is 7.02. The van der Waals surface area contributed by atoms with Crippen molar-refractivity contribution < 1.29 is 4.79 Å². The lowest BCUT2D eigenvalue weighted by molar-refractivity contribution is -0.124. The first kappa shape index (κ1) is 12.1. The molecule has 2 saturated carbocycles. The number of ketones is 1. The van der Waals surface area contributed by atoms with Gasteiger partial charge in [0.25, 0.3) is 0 Å². The summed E-state index contributed by atoms with van der Waals surface area (Å²) < 4.78 is 0. The minimum atomic E-state index is 0.378. The van der Waals surface area contributed by atoms with E-state index in [0.717, 1.165) is 31.7 Å². The molecule has 92 valence electrons. The summed E-state index contributed by atoms with van der Waals surface area (Å²) in [6.07, 6.45) is 10.7. The maximum atomic E-state index is 12.1. The quantitative estimate of drug-likeness (QED) is 0.796. The second kappa shape index (κ2) is 5.81. The molecular weight excluding hydrogens is 198 g/mol. The van der Waals surface area contributed by atoms with Gasteiger partial charge in [0.1, 0.15) is 5.78 Å². The predicted molar refractivity (Wildman–Crippen MR) is 66.1 cm³/mol. The summed E-state index contributed by atoms with van der Waals surface area (Å²) in [5.74, 6) is 2.35. The van der Waals surface area contributed by atoms with Gasteiger partial charge in [-0.25, -0.2) is 0 Å². The van der Waals surface area contributed by atoms with Gasteiger partial charge in [-0.2, -0.15) is 0 Å². The Labute approximate surface area is 99.0 Å². The molecule has 16 heavy (non-hydrogen) atoms. The van der Waals surface area contributed by atoms with Crippen molar-refractivity contribution in [1.29, 1.82) is 0 Å². The Morgan fingerprint density at radius 1 is 0.938 bits per heavy atom. The summed E-state index contributed by atoms with van der Waals surface area (Å²) >= 11 is 0. The highest BCUT2D eigenvalue weighted by Gasteiger charge is 2.27. The lowest BCUT2D eigenvalue weighted by atomic mass is 9.78. The van der Waals surface area contributed by atoms with Gasteiger partial charge in [0.2, 0.25) is 0 Å². The lowest BCUT2D eigenvalue weighted by Gasteiger charge is -2.27. The molecule has 2 aliphatic rings. The third-order valence-corrected chi connectivity index (χ3v) is 4.60. The summed E-state index contributed by atoms with van der Waals surface area (Å²) in [6.45, 7) is 0.809. The second-order valence-corrected chi connectivity index (χ2v) is 5.77. The monoisotopic (exact) mass is 223 g/mol. The Hall–Kier alpha value is -0.370. The average Bonchev–Trinajstić information content (AvgIpc) is 2.82. The van der Waals surface area contributed by atoms with E-state index >= 15 is 0 Å². The van der Waals surface area contributed by atoms with Crippen LogP contribution in [0.25, 0.3) is 0 Å². The topological polar surface area (TPSA) is 43.1 Å². The largest absolute Gasteiger partial charge is 0.330 e. The molecule has 0 spiro atoms. The molecule has 2 nitrogen and oxygen atoms in total. The van der Waals surface area contributed by atoms with Crippen LogP contribution in [0.1, 0.15) is 57.8 Å². The summed E-state index contributed by atoms with van der Waals surface area (Å²) in [7, 11) is 0. The van der Waals surface area contributed by atoms with E-state index in [1.807, 2.05) is 0 Å². The number of hydrogen-bond donors (Lipinski definition) is 1. The third kappa shape index (κ3) is 3.07. The van der Waals surface area contributed by atoms with Gasteiger partial charge < -0.3 is 5.73 Å². The molecule has 0 amide bonds. The fraction of sp³-hybridized carbons (Fsp3) is 0.929. The smallest absolute Gasteiger partial charge is 0.136 e. The Kier molecular flexibility index (Phi) is 4.39. The average molecular weight is 223 g/mol. The predicted octanol–water partition coefficient (Wildman–Crippen LogP) is 2.90. The summed E-state index contributed by atoms with van der Waals surface area (Å²) in [5.41, 5.74) is 5.67. The normalized spacial score (nSPS) is 31.8. The van der Waals surface area contributed by atoms with Crippen LogP contribution in [-0.2, 0) is 4.79 Å². The Bertz CT molecular complexity index is 225. The molecule has 0 unspecified atom stereocenters. The van der Waals surface area contributed by atoms with E-state index in [4.69, 9.17) is 5.73 Å². The summed E-state index contributed by atoms with van der Waals surface area (Å²) in [5, 5.41) is 0. The van der Waals surface area contributed by atoms with Crippen molar-refractivity contribution in [2.45, 2.75) is 57.8 Å². The van der Waals surface area contributed by atoms with Crippen molar-refractivity contribution in [3.63, 3.8) is 0 Å². The van der Waals surface area contributed by atoms with Gasteiger partial charge in [-0.3, -0.25) is 4.79 Å². The zero-order valence-corrected chi connectivity index (χ0v) is 10.3. The van der Waals surface area contributed by atoms with Gasteiger partial charge in [-0.15, -0.1) is 0 Å². The number of rotatable bonds is 4. The lowest BCUT2D eigenvalue weighted by Crippen LogP contribution is -2.26. The van der Waals surface area contributed by atoms with Gasteiger partial charge in [0, 0.05) is 12.3 Å². The molecule has 0 radical (unpaired) electrons.